The van der Waals surface area contributed by atoms with Gasteiger partial charge in [-0.2, -0.15) is 0 Å². The quantitative estimate of drug-likeness (QED) is 0.0363. The molecule has 8 aromatic rings. The zero-order valence-corrected chi connectivity index (χ0v) is 45.9. The standard InChI is InChI=1S/C36H28FIN4O5.C21H18FIN4O4/c1-3-20-35(46-33(45)27-17-11-6-12-18-27)24(2)36(37,22-38)47-34(35)41-21-19-28-29(41)39-23-40-30(28)42(31(43)25-13-7-4-8-14-25)32(44)26-15-9-5-10-16-26;1-2-9-20(30)18(29)21(22,11-23)31-19(20)27-10-8-14-15(24-12-25-16(14)27)26-17(28)13-6-4-3-5-7-13/h4-19,21,23-24,34H,22H2,1-2H3;3-8,10,12,18-19,29-30H,11H2,1H3,(H,24,25,26,28)/t24-,34+,35+,36+;18-,19+,20+,21+/m00/s1. The summed E-state index contributed by atoms with van der Waals surface area (Å²) in [6, 6.07) is 36.9. The van der Waals surface area contributed by atoms with E-state index >= 15 is 8.78 Å². The Kier molecular flexibility index (Phi) is 16.2. The number of alkyl halides is 4. The van der Waals surface area contributed by atoms with E-state index in [1.54, 1.807) is 176 Å². The Bertz CT molecular complexity index is 3620. The minimum Gasteiger partial charge on any atom is -0.437 e. The zero-order chi connectivity index (χ0) is 55.4. The van der Waals surface area contributed by atoms with E-state index in [2.05, 4.69) is 48.9 Å². The van der Waals surface area contributed by atoms with Crippen molar-refractivity contribution < 1.29 is 52.4 Å². The van der Waals surface area contributed by atoms with Gasteiger partial charge in [0.25, 0.3) is 17.7 Å². The molecule has 17 nitrogen and oxygen atoms in total. The molecule has 2 aliphatic heterocycles. The molecule has 21 heteroatoms. The number of carbonyl (C=O) groups excluding carboxylic acids is 4. The number of nitrogens with zero attached hydrogens (tertiary/aromatic N) is 7. The van der Waals surface area contributed by atoms with Crippen LogP contribution in [0.4, 0.5) is 20.4 Å². The van der Waals surface area contributed by atoms with Gasteiger partial charge in [-0.1, -0.05) is 137 Å². The molecule has 10 rings (SSSR count). The molecule has 0 aliphatic carbocycles. The van der Waals surface area contributed by atoms with E-state index in [9.17, 15) is 29.4 Å². The van der Waals surface area contributed by atoms with Crippen LogP contribution in [0.25, 0.3) is 22.1 Å². The van der Waals surface area contributed by atoms with Gasteiger partial charge >= 0.3 is 5.97 Å². The Balaban J connectivity index is 0.000000206. The number of fused-ring (bicyclic) bond motifs is 2. The first-order valence-electron chi connectivity index (χ1n) is 24.0. The minimum atomic E-state index is -2.50. The van der Waals surface area contributed by atoms with Gasteiger partial charge in [0.15, 0.2) is 24.4 Å². The molecular weight excluding hydrogens is 1230 g/mol. The lowest BCUT2D eigenvalue weighted by molar-refractivity contribution is -0.167. The topological polar surface area (TPSA) is 213 Å². The Morgan fingerprint density at radius 2 is 1.14 bits per heavy atom. The molecule has 2 aliphatic rings. The summed E-state index contributed by atoms with van der Waals surface area (Å²) in [5.74, 6) is 3.00. The Morgan fingerprint density at radius 3 is 1.68 bits per heavy atom. The third kappa shape index (κ3) is 10.1. The molecule has 396 valence electrons. The highest BCUT2D eigenvalue weighted by Gasteiger charge is 2.66. The largest absolute Gasteiger partial charge is 0.437 e. The van der Waals surface area contributed by atoms with Crippen molar-refractivity contribution in [1.29, 1.82) is 0 Å². The van der Waals surface area contributed by atoms with E-state index in [1.165, 1.54) is 34.9 Å². The molecule has 2 fully saturated rings. The molecule has 4 aromatic heterocycles. The molecule has 0 bridgehead atoms. The van der Waals surface area contributed by atoms with E-state index < -0.39 is 65.2 Å². The maximum Gasteiger partial charge on any atom is 0.339 e. The number of carbonyl (C=O) groups is 4. The van der Waals surface area contributed by atoms with Crippen LogP contribution < -0.4 is 10.2 Å². The highest BCUT2D eigenvalue weighted by atomic mass is 127. The van der Waals surface area contributed by atoms with Crippen LogP contribution in [-0.2, 0) is 14.2 Å². The van der Waals surface area contributed by atoms with Gasteiger partial charge in [0.2, 0.25) is 22.9 Å². The maximum absolute atomic E-state index is 16.5. The smallest absolute Gasteiger partial charge is 0.339 e. The molecule has 6 heterocycles. The number of imide groups is 1. The number of halogens is 4. The summed E-state index contributed by atoms with van der Waals surface area (Å²) in [5.41, 5.74) is -2.28. The van der Waals surface area contributed by atoms with Crippen LogP contribution in [0.1, 0.15) is 74.7 Å². The second-order valence-electron chi connectivity index (χ2n) is 17.9. The molecule has 0 saturated carbocycles. The van der Waals surface area contributed by atoms with Crippen molar-refractivity contribution in [3.63, 3.8) is 0 Å². The van der Waals surface area contributed by atoms with Gasteiger partial charge < -0.3 is 38.9 Å². The number of aromatic nitrogens is 6. The van der Waals surface area contributed by atoms with Gasteiger partial charge in [0.05, 0.1) is 31.1 Å². The number of ether oxygens (including phenoxy) is 3. The fourth-order valence-electron chi connectivity index (χ4n) is 9.20. The van der Waals surface area contributed by atoms with Gasteiger partial charge in [-0.25, -0.2) is 38.4 Å². The van der Waals surface area contributed by atoms with E-state index in [-0.39, 0.29) is 54.4 Å². The number of nitrogens with one attached hydrogen (secondary N) is 1. The molecule has 8 atom stereocenters. The van der Waals surface area contributed by atoms with Crippen molar-refractivity contribution in [3.05, 3.63) is 181 Å². The number of amides is 3. The van der Waals surface area contributed by atoms with Gasteiger partial charge in [-0.05, 0) is 74.5 Å². The van der Waals surface area contributed by atoms with Gasteiger partial charge in [-0.15, -0.1) is 11.8 Å². The number of esters is 1. The molecule has 3 N–H and O–H groups in total. The number of benzene rings is 4. The van der Waals surface area contributed by atoms with Crippen molar-refractivity contribution in [3.8, 4) is 23.7 Å². The van der Waals surface area contributed by atoms with Gasteiger partial charge in [-0.3, -0.25) is 14.4 Å². The molecule has 3 amide bonds. The number of hydrogen-bond acceptors (Lipinski definition) is 13. The summed E-state index contributed by atoms with van der Waals surface area (Å²) in [6.45, 7) is 4.63. The predicted molar refractivity (Wildman–Crippen MR) is 301 cm³/mol. The number of aliphatic hydroxyl groups is 2. The SMILES string of the molecule is CC#C[C@]1(O)[C@H](n2ccc3c(NC(=O)c4ccccc4)ncnc32)O[C@](F)(CI)[C@H]1O.CC#C[C@]1(OC(=O)c2ccccc2)[C@H](n2ccc3c(N(C(=O)c4ccccc4)C(=O)c4ccccc4)ncnc32)O[C@](F)(CI)[C@H]1C. The highest BCUT2D eigenvalue weighted by molar-refractivity contribution is 14.1. The first-order valence-corrected chi connectivity index (χ1v) is 27.0. The van der Waals surface area contributed by atoms with Gasteiger partial charge in [0, 0.05) is 29.1 Å². The normalized spacial score (nSPS) is 24.2. The second kappa shape index (κ2) is 22.8. The average molecular weight is 1280 g/mol. The first-order chi connectivity index (χ1) is 37.6. The van der Waals surface area contributed by atoms with E-state index in [1.807, 2.05) is 22.6 Å². The number of rotatable bonds is 11. The van der Waals surface area contributed by atoms with Crippen LogP contribution in [0.2, 0.25) is 0 Å². The number of anilines is 2. The van der Waals surface area contributed by atoms with Crippen molar-refractivity contribution in [2.24, 2.45) is 5.92 Å². The highest BCUT2D eigenvalue weighted by Crippen LogP contribution is 2.53. The van der Waals surface area contributed by atoms with E-state index in [4.69, 9.17) is 14.2 Å². The monoisotopic (exact) mass is 1280 g/mol. The number of hydrogen-bond donors (Lipinski definition) is 3. The average Bonchev–Trinajstić information content (AvgIpc) is 4.22. The van der Waals surface area contributed by atoms with Crippen LogP contribution in [0, 0.1) is 29.6 Å². The lowest BCUT2D eigenvalue weighted by Crippen LogP contribution is -2.49. The molecule has 0 spiro atoms. The molecule has 0 radical (unpaired) electrons. The fourth-order valence-corrected chi connectivity index (χ4v) is 10.6. The summed E-state index contributed by atoms with van der Waals surface area (Å²) in [5, 5.41) is 25.0. The van der Waals surface area contributed by atoms with Crippen molar-refractivity contribution >= 4 is 103 Å². The van der Waals surface area contributed by atoms with Crippen molar-refractivity contribution in [1.82, 2.24) is 29.1 Å². The van der Waals surface area contributed by atoms with Crippen LogP contribution >= 0.6 is 45.2 Å². The molecular formula is C57H46F2I2N8O9. The maximum atomic E-state index is 16.5. The van der Waals surface area contributed by atoms with E-state index in [0.29, 0.717) is 16.3 Å². The second-order valence-corrected chi connectivity index (χ2v) is 19.4. The van der Waals surface area contributed by atoms with Crippen molar-refractivity contribution in [2.75, 3.05) is 19.1 Å². The Labute approximate surface area is 472 Å². The molecule has 78 heavy (non-hydrogen) atoms. The van der Waals surface area contributed by atoms with Crippen LogP contribution in [0.3, 0.4) is 0 Å². The third-order valence-electron chi connectivity index (χ3n) is 13.2. The van der Waals surface area contributed by atoms with Crippen LogP contribution in [0.15, 0.2) is 159 Å². The summed E-state index contributed by atoms with van der Waals surface area (Å²) < 4.78 is 51.9. The predicted octanol–water partition coefficient (Wildman–Crippen LogP) is 9.23. The van der Waals surface area contributed by atoms with E-state index in [0.717, 1.165) is 4.90 Å². The fraction of sp³-hybridized carbons (Fsp3) is 0.228. The Morgan fingerprint density at radius 1 is 0.667 bits per heavy atom. The van der Waals surface area contributed by atoms with Gasteiger partial charge in [0.1, 0.15) is 29.8 Å². The molecule has 0 unspecified atom stereocenters. The third-order valence-corrected chi connectivity index (χ3v) is 15.3. The molecule has 4 aromatic carbocycles. The molecule has 2 saturated heterocycles. The lowest BCUT2D eigenvalue weighted by atomic mass is 9.85. The Hall–Kier alpha value is -7.52. The summed E-state index contributed by atoms with van der Waals surface area (Å²) in [4.78, 5) is 72.1. The number of aliphatic hydroxyl groups excluding tert-OH is 1. The van der Waals surface area contributed by atoms with Crippen LogP contribution in [0.5, 0.6) is 0 Å². The summed E-state index contributed by atoms with van der Waals surface area (Å²) >= 11 is 3.63. The summed E-state index contributed by atoms with van der Waals surface area (Å²) in [6.07, 6.45) is 0.943. The lowest BCUT2D eigenvalue weighted by Gasteiger charge is -2.33. The first kappa shape index (κ1) is 55.2. The zero-order valence-electron chi connectivity index (χ0n) is 41.6. The van der Waals surface area contributed by atoms with Crippen molar-refractivity contribution in [2.45, 2.75) is 62.2 Å². The minimum absolute atomic E-state index is 0.0105. The van der Waals surface area contributed by atoms with Crippen LogP contribution in [-0.4, -0.2) is 101 Å². The summed E-state index contributed by atoms with van der Waals surface area (Å²) in [7, 11) is 0.